The van der Waals surface area contributed by atoms with Crippen molar-refractivity contribution in [1.29, 1.82) is 0 Å². The summed E-state index contributed by atoms with van der Waals surface area (Å²) in [5, 5.41) is -4.28. The molecule has 5 aliphatic heterocycles. The van der Waals surface area contributed by atoms with Crippen molar-refractivity contribution in [1.82, 2.24) is 16.3 Å². The smallest absolute Gasteiger partial charge is 0.225 e. The molecule has 0 radical (unpaired) electrons. The Kier molecular flexibility index (Phi) is 6.36. The van der Waals surface area contributed by atoms with E-state index in [0.29, 0.717) is 0 Å². The minimum absolute atomic E-state index is 0.0264. The lowest BCUT2D eigenvalue weighted by atomic mass is 11.5. The molecule has 27 heteroatoms. The van der Waals surface area contributed by atoms with Gasteiger partial charge >= 0.3 is 20.3 Å². The lowest BCUT2D eigenvalue weighted by molar-refractivity contribution is -1.80. The van der Waals surface area contributed by atoms with Crippen LogP contribution >= 0.6 is 0 Å². The number of hydrazine groups is 1. The van der Waals surface area contributed by atoms with Crippen LogP contribution in [0.2, 0.25) is 0 Å². The van der Waals surface area contributed by atoms with Crippen LogP contribution in [-0.2, 0) is 59.0 Å². The largest absolute Gasteiger partial charge is 0.371 e. The second-order valence-corrected chi connectivity index (χ2v) is 4.83. The Bertz CT molecular complexity index is 690. The van der Waals surface area contributed by atoms with Crippen molar-refractivity contribution in [3.63, 3.8) is 0 Å². The minimum atomic E-state index is -2.27. The molecule has 31 heavy (non-hydrogen) atoms. The zero-order valence-corrected chi connectivity index (χ0v) is 15.4. The van der Waals surface area contributed by atoms with E-state index < -0.39 is 32.2 Å². The van der Waals surface area contributed by atoms with Crippen LogP contribution in [0.3, 0.4) is 0 Å². The van der Waals surface area contributed by atoms with Crippen LogP contribution in [0.1, 0.15) is 0 Å². The molecule has 5 rings (SSSR count). The summed E-state index contributed by atoms with van der Waals surface area (Å²) in [5.41, 5.74) is 1.80. The Labute approximate surface area is 168 Å². The second kappa shape index (κ2) is 8.27. The molecule has 0 spiro atoms. The third-order valence-electron chi connectivity index (χ3n) is 2.66. The molecule has 5 heterocycles. The monoisotopic (exact) mass is 470 g/mol. The number of quaternary nitrogens is 5. The highest BCUT2D eigenvalue weighted by atomic mass is 17.7. The topological polar surface area (TPSA) is 284 Å². The van der Waals surface area contributed by atoms with Crippen molar-refractivity contribution in [3.8, 4) is 0 Å². The molecule has 6 atom stereocenters. The third-order valence-corrected chi connectivity index (χ3v) is 2.66. The predicted octanol–water partition coefficient (Wildman–Crippen LogP) is -6.09. The fourth-order valence-corrected chi connectivity index (χ4v) is 1.68. The average molecular weight is 470 g/mol. The SMILES string of the molecule is C=NNO[N+]1(N)O[N+]2(N)ON3OCON(N)O[N+](N=C)(O1)O[N+](N)(O[N+](N)(OC)O3)O2. The predicted molar refractivity (Wildman–Crippen MR) is 72.0 cm³/mol. The first-order valence-electron chi connectivity index (χ1n) is 7.19. The van der Waals surface area contributed by atoms with Gasteiger partial charge in [0, 0.05) is 16.8 Å². The van der Waals surface area contributed by atoms with Gasteiger partial charge in [-0.15, -0.1) is 10.4 Å². The highest BCUT2D eigenvalue weighted by Gasteiger charge is 2.79. The summed E-state index contributed by atoms with van der Waals surface area (Å²) < 4.78 is 0. The summed E-state index contributed by atoms with van der Waals surface area (Å²) in [4.78, 5) is 59.2. The molecule has 11 N–H and O–H groups in total. The van der Waals surface area contributed by atoms with E-state index in [4.69, 9.17) is 88.2 Å². The van der Waals surface area contributed by atoms with E-state index in [0.717, 1.165) is 7.11 Å². The van der Waals surface area contributed by atoms with Crippen LogP contribution in [0, 0.1) is 0 Å². The second-order valence-electron chi connectivity index (χ2n) is 4.83. The number of hydrazone groups is 1. The van der Waals surface area contributed by atoms with E-state index in [-0.39, 0.29) is 10.7 Å². The highest BCUT2D eigenvalue weighted by molar-refractivity contribution is 5.21. The van der Waals surface area contributed by atoms with Gasteiger partial charge in [0.25, 0.3) is 5.08 Å². The number of fused-ring (bicyclic) bond motifs is 4. The third kappa shape index (κ3) is 5.33. The zero-order chi connectivity index (χ0) is 23.0. The van der Waals surface area contributed by atoms with Gasteiger partial charge in [0.15, 0.2) is 11.7 Å². The Balaban J connectivity index is 2.14. The molecule has 27 nitrogen and oxygen atoms in total. The van der Waals surface area contributed by atoms with Crippen molar-refractivity contribution < 1.29 is 84.4 Å². The van der Waals surface area contributed by atoms with E-state index >= 15 is 0 Å². The van der Waals surface area contributed by atoms with Gasteiger partial charge in [0.2, 0.25) is 25.1 Å². The van der Waals surface area contributed by atoms with Gasteiger partial charge in [0.05, 0.1) is 26.9 Å². The van der Waals surface area contributed by atoms with Gasteiger partial charge in [-0.05, 0) is 0 Å². The molecule has 6 unspecified atom stereocenters. The summed E-state index contributed by atoms with van der Waals surface area (Å²) in [6.45, 7) is 5.36. The first-order valence-corrected chi connectivity index (χ1v) is 7.19. The minimum Gasteiger partial charge on any atom is -0.225 e. The molecule has 0 aromatic rings. The number of hydrogen-bond donors (Lipinski definition) is 6. The molecule has 5 saturated heterocycles. The molecular weight excluding hydrogens is 450 g/mol. The Morgan fingerprint density at radius 2 is 1.61 bits per heavy atom. The van der Waals surface area contributed by atoms with Crippen LogP contribution in [-0.4, -0.2) is 63.5 Å². The number of rotatable bonds is 5. The van der Waals surface area contributed by atoms with Gasteiger partial charge < -0.3 is 0 Å². The first-order chi connectivity index (χ1) is 14.4. The summed E-state index contributed by atoms with van der Waals surface area (Å²) in [6.07, 6.45) is 0. The first kappa shape index (κ1) is 23.8. The van der Waals surface area contributed by atoms with E-state index in [9.17, 15) is 0 Å². The summed E-state index contributed by atoms with van der Waals surface area (Å²) in [5.74, 6) is 28.4. The maximum atomic E-state index is 5.80. The summed E-state index contributed by atoms with van der Waals surface area (Å²) in [6, 6.07) is 0. The standard InChI is InChI=1S/C4H20N15O12/c1-10-12-23-16(7)28-17(8)26-14-22-4-21-13(5)24-19(11-2,30-16)31-18(9,29-17)27-15(6,20-3)25-14/h12H,1-2,4-9H2,3H3/q+5. The van der Waals surface area contributed by atoms with Gasteiger partial charge in [0.1, 0.15) is 7.11 Å². The fraction of sp³-hybridized carbons (Fsp3) is 0.500. The number of nitrogens with one attached hydrogen (secondary N) is 1. The van der Waals surface area contributed by atoms with Crippen LogP contribution in [0.5, 0.6) is 0 Å². The number of hydrogen-bond acceptors (Lipinski definition) is 22. The maximum Gasteiger partial charge on any atom is 0.371 e. The Hall–Kier alpha value is -1.82. The molecule has 5 aliphatic rings. The number of nitrogens with two attached hydrogens (primary N) is 5. The van der Waals surface area contributed by atoms with Crippen LogP contribution < -0.4 is 34.8 Å². The van der Waals surface area contributed by atoms with Crippen LogP contribution in [0.15, 0.2) is 10.2 Å². The van der Waals surface area contributed by atoms with Crippen molar-refractivity contribution in [3.05, 3.63) is 0 Å². The van der Waals surface area contributed by atoms with Crippen molar-refractivity contribution >= 4 is 13.4 Å². The van der Waals surface area contributed by atoms with Gasteiger partial charge in [-0.1, -0.05) is 23.4 Å². The lowest BCUT2D eigenvalue weighted by Crippen LogP contribution is -2.83. The van der Waals surface area contributed by atoms with Crippen molar-refractivity contribution in [2.75, 3.05) is 13.9 Å². The molecule has 5 fully saturated rings. The summed E-state index contributed by atoms with van der Waals surface area (Å²) >= 11 is 0. The van der Waals surface area contributed by atoms with E-state index in [1.807, 2.05) is 0 Å². The van der Waals surface area contributed by atoms with Crippen molar-refractivity contribution in [2.24, 2.45) is 39.4 Å². The average Bonchev–Trinajstić information content (AvgIpc) is 2.62. The quantitative estimate of drug-likeness (QED) is 0.0942. The maximum absolute atomic E-state index is 5.80. The summed E-state index contributed by atoms with van der Waals surface area (Å²) in [7, 11) is 0.978. The van der Waals surface area contributed by atoms with Gasteiger partial charge in [-0.3, -0.25) is 0 Å². The Morgan fingerprint density at radius 3 is 2.26 bits per heavy atom. The van der Waals surface area contributed by atoms with Crippen LogP contribution in [0.25, 0.3) is 0 Å². The zero-order valence-electron chi connectivity index (χ0n) is 15.4. The molecular formula is C4H20N15O12+5. The Morgan fingerprint density at radius 1 is 0.903 bits per heavy atom. The molecule has 0 aromatic heterocycles. The normalized spacial score (nSPS) is 47.0. The van der Waals surface area contributed by atoms with E-state index in [2.05, 4.69) is 23.6 Å². The van der Waals surface area contributed by atoms with E-state index in [1.165, 1.54) is 0 Å². The van der Waals surface area contributed by atoms with Crippen LogP contribution in [0.4, 0.5) is 0 Å². The molecule has 178 valence electrons. The van der Waals surface area contributed by atoms with Crippen molar-refractivity contribution in [2.45, 2.75) is 0 Å². The molecule has 0 aliphatic carbocycles. The molecule has 0 saturated carbocycles. The molecule has 0 amide bonds. The molecule has 0 aromatic carbocycles. The van der Waals surface area contributed by atoms with Gasteiger partial charge in [-0.2, -0.15) is 5.10 Å². The van der Waals surface area contributed by atoms with Gasteiger partial charge in [-0.25, -0.2) is 15.5 Å². The van der Waals surface area contributed by atoms with E-state index in [1.54, 1.807) is 5.59 Å². The lowest BCUT2D eigenvalue weighted by Gasteiger charge is -2.34. The number of nitrogens with zero attached hydrogens (tertiary/aromatic N) is 9. The highest BCUT2D eigenvalue weighted by Crippen LogP contribution is 2.33. The molecule has 4 bridgehead atoms. The fourth-order valence-electron chi connectivity index (χ4n) is 1.68.